The largest absolute Gasteiger partial charge is 0.395 e. The van der Waals surface area contributed by atoms with Gasteiger partial charge in [-0.3, -0.25) is 4.79 Å². The second kappa shape index (κ2) is 10.0. The van der Waals surface area contributed by atoms with E-state index in [1.54, 1.807) is 33.5 Å². The SMILES string of the molecule is CCN(CCO)C(=O)CCc1ccc(S(=O)(=O)N2CCCCCC2)cc1. The fourth-order valence-corrected chi connectivity index (χ4v) is 4.77. The second-order valence-electron chi connectivity index (χ2n) is 6.66. The van der Waals surface area contributed by atoms with Gasteiger partial charge < -0.3 is 10.0 Å². The predicted molar refractivity (Wildman–Crippen MR) is 101 cm³/mol. The molecule has 1 fully saturated rings. The summed E-state index contributed by atoms with van der Waals surface area (Å²) in [6.45, 7) is 3.96. The van der Waals surface area contributed by atoms with Crippen molar-refractivity contribution < 1.29 is 18.3 Å². The van der Waals surface area contributed by atoms with Crippen molar-refractivity contribution in [1.82, 2.24) is 9.21 Å². The first-order valence-electron chi connectivity index (χ1n) is 9.46. The van der Waals surface area contributed by atoms with Crippen LogP contribution in [0.4, 0.5) is 0 Å². The Hall–Kier alpha value is -1.44. The molecule has 0 aliphatic carbocycles. The number of aliphatic hydroxyl groups is 1. The topological polar surface area (TPSA) is 77.9 Å². The molecule has 1 aliphatic heterocycles. The van der Waals surface area contributed by atoms with Gasteiger partial charge in [0.15, 0.2) is 0 Å². The molecule has 0 bridgehead atoms. The highest BCUT2D eigenvalue weighted by atomic mass is 32.2. The second-order valence-corrected chi connectivity index (χ2v) is 8.60. The smallest absolute Gasteiger partial charge is 0.243 e. The molecule has 6 nitrogen and oxygen atoms in total. The highest BCUT2D eigenvalue weighted by Gasteiger charge is 2.24. The molecule has 1 aliphatic rings. The summed E-state index contributed by atoms with van der Waals surface area (Å²) in [5, 5.41) is 8.98. The fourth-order valence-electron chi connectivity index (χ4n) is 3.25. The standard InChI is InChI=1S/C19H30N2O4S/c1-2-20(15-16-22)19(23)12-9-17-7-10-18(11-8-17)26(24,25)21-13-5-3-4-6-14-21/h7-8,10-11,22H,2-6,9,12-16H2,1H3. The van der Waals surface area contributed by atoms with E-state index in [4.69, 9.17) is 5.11 Å². The third-order valence-electron chi connectivity index (χ3n) is 4.86. The molecule has 26 heavy (non-hydrogen) atoms. The highest BCUT2D eigenvalue weighted by molar-refractivity contribution is 7.89. The molecule has 0 unspecified atom stereocenters. The Morgan fingerprint density at radius 1 is 1.12 bits per heavy atom. The number of aliphatic hydroxyl groups excluding tert-OH is 1. The Kier molecular flexibility index (Phi) is 8.06. The van der Waals surface area contributed by atoms with Crippen LogP contribution in [0.3, 0.4) is 0 Å². The first kappa shape index (κ1) is 20.9. The zero-order valence-electron chi connectivity index (χ0n) is 15.6. The summed E-state index contributed by atoms with van der Waals surface area (Å²) >= 11 is 0. The maximum atomic E-state index is 12.8. The molecule has 1 aromatic carbocycles. The molecule has 1 heterocycles. The first-order chi connectivity index (χ1) is 12.5. The van der Waals surface area contributed by atoms with E-state index in [1.165, 1.54) is 0 Å². The van der Waals surface area contributed by atoms with E-state index < -0.39 is 10.0 Å². The lowest BCUT2D eigenvalue weighted by molar-refractivity contribution is -0.131. The molecular weight excluding hydrogens is 352 g/mol. The van der Waals surface area contributed by atoms with Crippen molar-refractivity contribution in [1.29, 1.82) is 0 Å². The van der Waals surface area contributed by atoms with Crippen molar-refractivity contribution in [3.8, 4) is 0 Å². The normalized spacial score (nSPS) is 16.2. The van der Waals surface area contributed by atoms with Gasteiger partial charge in [0.2, 0.25) is 15.9 Å². The van der Waals surface area contributed by atoms with Gasteiger partial charge in [-0.1, -0.05) is 25.0 Å². The van der Waals surface area contributed by atoms with E-state index in [9.17, 15) is 13.2 Å². The van der Waals surface area contributed by atoms with Gasteiger partial charge in [-0.25, -0.2) is 8.42 Å². The number of carbonyl (C=O) groups is 1. The number of nitrogens with zero attached hydrogens (tertiary/aromatic N) is 2. The van der Waals surface area contributed by atoms with E-state index >= 15 is 0 Å². The van der Waals surface area contributed by atoms with E-state index in [2.05, 4.69) is 0 Å². The number of aryl methyl sites for hydroxylation is 1. The Morgan fingerprint density at radius 2 is 1.73 bits per heavy atom. The Labute approximate surface area is 156 Å². The van der Waals surface area contributed by atoms with Gasteiger partial charge in [0.25, 0.3) is 0 Å². The molecule has 146 valence electrons. The lowest BCUT2D eigenvalue weighted by Gasteiger charge is -2.20. The monoisotopic (exact) mass is 382 g/mol. The van der Waals surface area contributed by atoms with Gasteiger partial charge in [-0.05, 0) is 43.9 Å². The van der Waals surface area contributed by atoms with Crippen molar-refractivity contribution >= 4 is 15.9 Å². The van der Waals surface area contributed by atoms with Gasteiger partial charge in [-0.15, -0.1) is 0 Å². The van der Waals surface area contributed by atoms with Crippen molar-refractivity contribution in [2.45, 2.75) is 50.3 Å². The molecule has 1 aromatic rings. The molecular formula is C19H30N2O4S. The molecule has 0 spiro atoms. The van der Waals surface area contributed by atoms with Crippen molar-refractivity contribution in [3.05, 3.63) is 29.8 Å². The van der Waals surface area contributed by atoms with Crippen LogP contribution in [0.5, 0.6) is 0 Å². The van der Waals surface area contributed by atoms with Crippen LogP contribution in [0.15, 0.2) is 29.2 Å². The van der Waals surface area contributed by atoms with Gasteiger partial charge in [0.1, 0.15) is 0 Å². The quantitative estimate of drug-likeness (QED) is 0.746. The van der Waals surface area contributed by atoms with Gasteiger partial charge in [-0.2, -0.15) is 4.31 Å². The summed E-state index contributed by atoms with van der Waals surface area (Å²) in [7, 11) is -3.43. The molecule has 0 saturated carbocycles. The molecule has 0 aromatic heterocycles. The number of rotatable bonds is 8. The van der Waals surface area contributed by atoms with Crippen molar-refractivity contribution in [2.75, 3.05) is 32.8 Å². The van der Waals surface area contributed by atoms with Crippen LogP contribution in [0, 0.1) is 0 Å². The minimum Gasteiger partial charge on any atom is -0.395 e. The number of likely N-dealkylation sites (N-methyl/N-ethyl adjacent to an activating group) is 1. The van der Waals surface area contributed by atoms with Crippen LogP contribution in [-0.4, -0.2) is 61.4 Å². The summed E-state index contributed by atoms with van der Waals surface area (Å²) in [4.78, 5) is 14.1. The summed E-state index contributed by atoms with van der Waals surface area (Å²) in [5.74, 6) is 0.00261. The van der Waals surface area contributed by atoms with E-state index in [0.717, 1.165) is 31.2 Å². The van der Waals surface area contributed by atoms with Crippen LogP contribution < -0.4 is 0 Å². The van der Waals surface area contributed by atoms with Crippen molar-refractivity contribution in [2.24, 2.45) is 0 Å². The Balaban J connectivity index is 1.98. The molecule has 1 amide bonds. The van der Waals surface area contributed by atoms with Crippen LogP contribution in [0.25, 0.3) is 0 Å². The van der Waals surface area contributed by atoms with E-state index in [-0.39, 0.29) is 12.5 Å². The molecule has 1 saturated heterocycles. The van der Waals surface area contributed by atoms with Gasteiger partial charge in [0.05, 0.1) is 11.5 Å². The Morgan fingerprint density at radius 3 is 2.27 bits per heavy atom. The van der Waals surface area contributed by atoms with Crippen LogP contribution in [0.1, 0.15) is 44.6 Å². The number of sulfonamides is 1. The zero-order chi connectivity index (χ0) is 19.0. The summed E-state index contributed by atoms with van der Waals surface area (Å²) in [6.07, 6.45) is 4.92. The number of carbonyl (C=O) groups excluding carboxylic acids is 1. The lowest BCUT2D eigenvalue weighted by Crippen LogP contribution is -2.33. The molecule has 0 radical (unpaired) electrons. The van der Waals surface area contributed by atoms with Crippen LogP contribution in [-0.2, 0) is 21.2 Å². The molecule has 2 rings (SSSR count). The minimum absolute atomic E-state index is 0.00261. The maximum absolute atomic E-state index is 12.8. The predicted octanol–water partition coefficient (Wildman–Crippen LogP) is 2.02. The minimum atomic E-state index is -3.43. The third kappa shape index (κ3) is 5.53. The van der Waals surface area contributed by atoms with E-state index in [0.29, 0.717) is 43.9 Å². The molecule has 0 atom stereocenters. The fraction of sp³-hybridized carbons (Fsp3) is 0.632. The van der Waals surface area contributed by atoms with Crippen LogP contribution in [0.2, 0.25) is 0 Å². The number of hydrogen-bond acceptors (Lipinski definition) is 4. The molecule has 7 heteroatoms. The lowest BCUT2D eigenvalue weighted by atomic mass is 10.1. The number of amides is 1. The molecule has 1 N–H and O–H groups in total. The third-order valence-corrected chi connectivity index (χ3v) is 6.77. The summed E-state index contributed by atoms with van der Waals surface area (Å²) in [6, 6.07) is 6.87. The summed E-state index contributed by atoms with van der Waals surface area (Å²) in [5.41, 5.74) is 0.938. The average Bonchev–Trinajstić information content (AvgIpc) is 2.94. The van der Waals surface area contributed by atoms with Crippen LogP contribution >= 0.6 is 0 Å². The van der Waals surface area contributed by atoms with Gasteiger partial charge in [0, 0.05) is 32.6 Å². The summed E-state index contributed by atoms with van der Waals surface area (Å²) < 4.78 is 27.1. The van der Waals surface area contributed by atoms with Crippen molar-refractivity contribution in [3.63, 3.8) is 0 Å². The number of benzene rings is 1. The van der Waals surface area contributed by atoms with Gasteiger partial charge >= 0.3 is 0 Å². The zero-order valence-corrected chi connectivity index (χ0v) is 16.4. The maximum Gasteiger partial charge on any atom is 0.243 e. The average molecular weight is 383 g/mol. The highest BCUT2D eigenvalue weighted by Crippen LogP contribution is 2.21. The number of hydrogen-bond donors (Lipinski definition) is 1. The van der Waals surface area contributed by atoms with E-state index in [1.807, 2.05) is 6.92 Å². The first-order valence-corrected chi connectivity index (χ1v) is 10.9. The Bertz CT molecular complexity index is 665.